The van der Waals surface area contributed by atoms with E-state index < -0.39 is 0 Å². The molecule has 0 aliphatic carbocycles. The van der Waals surface area contributed by atoms with E-state index in [2.05, 4.69) is 30.6 Å². The minimum atomic E-state index is 0.316. The molecule has 1 saturated heterocycles. The Morgan fingerprint density at radius 2 is 1.59 bits per heavy atom. The third kappa shape index (κ3) is 6.79. The molecule has 0 aromatic heterocycles. The van der Waals surface area contributed by atoms with Gasteiger partial charge in [0.25, 0.3) is 0 Å². The van der Waals surface area contributed by atoms with Crippen molar-refractivity contribution < 1.29 is 4.79 Å². The Morgan fingerprint density at radius 1 is 1.06 bits per heavy atom. The highest BCUT2D eigenvalue weighted by molar-refractivity contribution is 5.75. The number of Topliss-reactive ketones (excluding diaryl/α,β-unsaturated/α-hetero) is 1. The molecular formula is C14H28N2O. The Bertz CT molecular complexity index is 237. The lowest BCUT2D eigenvalue weighted by molar-refractivity contribution is -0.117. The predicted molar refractivity (Wildman–Crippen MR) is 72.3 cm³/mol. The Kier molecular flexibility index (Phi) is 5.60. The van der Waals surface area contributed by atoms with Crippen LogP contribution in [0.25, 0.3) is 0 Å². The second kappa shape index (κ2) is 6.50. The predicted octanol–water partition coefficient (Wildman–Crippen LogP) is 2.02. The van der Waals surface area contributed by atoms with Gasteiger partial charge in [0, 0.05) is 39.1 Å². The first-order valence-corrected chi connectivity index (χ1v) is 6.81. The standard InChI is InChI=1S/C14H28N2O/c1-13(17)6-5-7-15-8-10-16(11-9-15)12-14(2,3)4/h5-12H2,1-4H3. The maximum absolute atomic E-state index is 10.9. The van der Waals surface area contributed by atoms with Gasteiger partial charge in [-0.05, 0) is 25.3 Å². The van der Waals surface area contributed by atoms with Crippen LogP contribution in [0.4, 0.5) is 0 Å². The van der Waals surface area contributed by atoms with Crippen molar-refractivity contribution in [3.63, 3.8) is 0 Å². The van der Waals surface area contributed by atoms with Gasteiger partial charge in [0.15, 0.2) is 0 Å². The van der Waals surface area contributed by atoms with Gasteiger partial charge in [-0.3, -0.25) is 0 Å². The van der Waals surface area contributed by atoms with Crippen LogP contribution in [0.2, 0.25) is 0 Å². The van der Waals surface area contributed by atoms with Crippen LogP contribution in [0.1, 0.15) is 40.5 Å². The highest BCUT2D eigenvalue weighted by Crippen LogP contribution is 2.16. The van der Waals surface area contributed by atoms with Gasteiger partial charge in [-0.1, -0.05) is 20.8 Å². The van der Waals surface area contributed by atoms with Gasteiger partial charge in [-0.25, -0.2) is 0 Å². The van der Waals surface area contributed by atoms with Crippen LogP contribution in [0.15, 0.2) is 0 Å². The summed E-state index contributed by atoms with van der Waals surface area (Å²) < 4.78 is 0. The molecule has 0 unspecified atom stereocenters. The molecule has 0 radical (unpaired) electrons. The van der Waals surface area contributed by atoms with E-state index in [9.17, 15) is 4.79 Å². The fraction of sp³-hybridized carbons (Fsp3) is 0.929. The number of nitrogens with zero attached hydrogens (tertiary/aromatic N) is 2. The van der Waals surface area contributed by atoms with E-state index in [1.807, 2.05) is 0 Å². The third-order valence-electron chi connectivity index (χ3n) is 3.17. The molecule has 0 saturated carbocycles. The zero-order valence-electron chi connectivity index (χ0n) is 12.0. The number of ketones is 1. The van der Waals surface area contributed by atoms with Gasteiger partial charge in [-0.2, -0.15) is 0 Å². The minimum absolute atomic E-state index is 0.316. The number of rotatable bonds is 5. The van der Waals surface area contributed by atoms with Crippen molar-refractivity contribution in [2.75, 3.05) is 39.3 Å². The summed E-state index contributed by atoms with van der Waals surface area (Å²) in [5.74, 6) is 0.316. The average Bonchev–Trinajstić information content (AvgIpc) is 2.18. The zero-order valence-corrected chi connectivity index (χ0v) is 12.0. The molecule has 1 aliphatic rings. The van der Waals surface area contributed by atoms with Crippen LogP contribution in [0.5, 0.6) is 0 Å². The van der Waals surface area contributed by atoms with E-state index in [1.54, 1.807) is 6.92 Å². The number of carbonyl (C=O) groups is 1. The Morgan fingerprint density at radius 3 is 2.06 bits per heavy atom. The monoisotopic (exact) mass is 240 g/mol. The SMILES string of the molecule is CC(=O)CCCN1CCN(CC(C)(C)C)CC1. The van der Waals surface area contributed by atoms with Crippen molar-refractivity contribution in [2.45, 2.75) is 40.5 Å². The lowest BCUT2D eigenvalue weighted by Gasteiger charge is -2.37. The van der Waals surface area contributed by atoms with Gasteiger partial charge in [-0.15, -0.1) is 0 Å². The van der Waals surface area contributed by atoms with Gasteiger partial charge in [0.2, 0.25) is 0 Å². The van der Waals surface area contributed by atoms with Crippen LogP contribution < -0.4 is 0 Å². The number of hydrogen-bond acceptors (Lipinski definition) is 3. The second-order valence-electron chi connectivity index (χ2n) is 6.48. The summed E-state index contributed by atoms with van der Waals surface area (Å²) in [6.07, 6.45) is 1.76. The zero-order chi connectivity index (χ0) is 12.9. The molecule has 0 spiro atoms. The topological polar surface area (TPSA) is 23.6 Å². The maximum atomic E-state index is 10.9. The van der Waals surface area contributed by atoms with E-state index in [1.165, 1.54) is 19.6 Å². The molecule has 1 heterocycles. The summed E-state index contributed by atoms with van der Waals surface area (Å²) >= 11 is 0. The molecule has 0 atom stereocenters. The van der Waals surface area contributed by atoms with Gasteiger partial charge in [0.1, 0.15) is 5.78 Å². The van der Waals surface area contributed by atoms with E-state index in [4.69, 9.17) is 0 Å². The van der Waals surface area contributed by atoms with E-state index >= 15 is 0 Å². The normalized spacial score (nSPS) is 19.5. The lowest BCUT2D eigenvalue weighted by atomic mass is 9.96. The molecule has 0 aromatic carbocycles. The summed E-state index contributed by atoms with van der Waals surface area (Å²) in [4.78, 5) is 15.9. The van der Waals surface area contributed by atoms with E-state index in [0.29, 0.717) is 11.2 Å². The Labute approximate surface area is 106 Å². The fourth-order valence-electron chi connectivity index (χ4n) is 2.39. The largest absolute Gasteiger partial charge is 0.301 e. The molecule has 1 rings (SSSR count). The quantitative estimate of drug-likeness (QED) is 0.734. The first-order chi connectivity index (χ1) is 7.87. The molecule has 100 valence electrons. The molecule has 0 bridgehead atoms. The molecule has 0 N–H and O–H groups in total. The smallest absolute Gasteiger partial charge is 0.129 e. The summed E-state index contributed by atoms with van der Waals surface area (Å²) in [6.45, 7) is 15.5. The van der Waals surface area contributed by atoms with Crippen LogP contribution >= 0.6 is 0 Å². The van der Waals surface area contributed by atoms with Crippen molar-refractivity contribution in [3.8, 4) is 0 Å². The van der Waals surface area contributed by atoms with Gasteiger partial charge < -0.3 is 14.6 Å². The van der Waals surface area contributed by atoms with Gasteiger partial charge >= 0.3 is 0 Å². The molecule has 3 heteroatoms. The molecule has 3 nitrogen and oxygen atoms in total. The van der Waals surface area contributed by atoms with Gasteiger partial charge in [0.05, 0.1) is 0 Å². The van der Waals surface area contributed by atoms with Crippen LogP contribution in [-0.2, 0) is 4.79 Å². The summed E-state index contributed by atoms with van der Waals surface area (Å²) in [7, 11) is 0. The van der Waals surface area contributed by atoms with Crippen molar-refractivity contribution in [1.82, 2.24) is 9.80 Å². The highest BCUT2D eigenvalue weighted by atomic mass is 16.1. The van der Waals surface area contributed by atoms with Crippen LogP contribution in [-0.4, -0.2) is 54.9 Å². The van der Waals surface area contributed by atoms with Crippen molar-refractivity contribution in [2.24, 2.45) is 5.41 Å². The molecule has 1 aliphatic heterocycles. The second-order valence-corrected chi connectivity index (χ2v) is 6.48. The number of piperazine rings is 1. The Balaban J connectivity index is 2.15. The van der Waals surface area contributed by atoms with E-state index in [-0.39, 0.29) is 0 Å². The molecule has 0 amide bonds. The first kappa shape index (κ1) is 14.7. The van der Waals surface area contributed by atoms with Crippen LogP contribution in [0.3, 0.4) is 0 Å². The lowest BCUT2D eigenvalue weighted by Crippen LogP contribution is -2.48. The van der Waals surface area contributed by atoms with Crippen molar-refractivity contribution >= 4 is 5.78 Å². The maximum Gasteiger partial charge on any atom is 0.129 e. The van der Waals surface area contributed by atoms with Crippen LogP contribution in [0, 0.1) is 5.41 Å². The summed E-state index contributed by atoms with van der Waals surface area (Å²) in [6, 6.07) is 0. The summed E-state index contributed by atoms with van der Waals surface area (Å²) in [5.41, 5.74) is 0.400. The summed E-state index contributed by atoms with van der Waals surface area (Å²) in [5, 5.41) is 0. The molecule has 0 aromatic rings. The number of hydrogen-bond donors (Lipinski definition) is 0. The number of carbonyl (C=O) groups excluding carboxylic acids is 1. The molecule has 17 heavy (non-hydrogen) atoms. The highest BCUT2D eigenvalue weighted by Gasteiger charge is 2.21. The third-order valence-corrected chi connectivity index (χ3v) is 3.17. The first-order valence-electron chi connectivity index (χ1n) is 6.81. The Hall–Kier alpha value is -0.410. The molecule has 1 fully saturated rings. The minimum Gasteiger partial charge on any atom is -0.301 e. The average molecular weight is 240 g/mol. The van der Waals surface area contributed by atoms with Crippen molar-refractivity contribution in [3.05, 3.63) is 0 Å². The van der Waals surface area contributed by atoms with E-state index in [0.717, 1.165) is 32.5 Å². The fourth-order valence-corrected chi connectivity index (χ4v) is 2.39. The molecular weight excluding hydrogens is 212 g/mol. The van der Waals surface area contributed by atoms with Crippen molar-refractivity contribution in [1.29, 1.82) is 0 Å².